The third-order valence-corrected chi connectivity index (χ3v) is 3.31. The van der Waals surface area contributed by atoms with Gasteiger partial charge >= 0.3 is 6.09 Å². The number of carbonyl (C=O) groups excluding carboxylic acids is 2. The highest BCUT2D eigenvalue weighted by atomic mass is 16.6. The minimum absolute atomic E-state index is 0.0335. The Morgan fingerprint density at radius 2 is 1.90 bits per heavy atom. The standard InChI is InChI=1S/C14H27N3O3/c1-14(2,3)20-13(19)16-7-4-8-17-9-5-11(6-10-17)12(15)18/h11H,4-10H2,1-3H3,(H2,15,18)(H,16,19). The van der Waals surface area contributed by atoms with Crippen LogP contribution in [-0.2, 0) is 9.53 Å². The smallest absolute Gasteiger partial charge is 0.407 e. The van der Waals surface area contributed by atoms with Crippen LogP contribution in [-0.4, -0.2) is 48.7 Å². The molecule has 0 aromatic heterocycles. The molecule has 1 heterocycles. The Morgan fingerprint density at radius 1 is 1.30 bits per heavy atom. The number of rotatable bonds is 5. The molecular formula is C14H27N3O3. The van der Waals surface area contributed by atoms with E-state index in [1.54, 1.807) is 0 Å². The maximum Gasteiger partial charge on any atom is 0.407 e. The van der Waals surface area contributed by atoms with Gasteiger partial charge in [-0.1, -0.05) is 0 Å². The summed E-state index contributed by atoms with van der Waals surface area (Å²) in [7, 11) is 0. The van der Waals surface area contributed by atoms with Crippen LogP contribution < -0.4 is 11.1 Å². The van der Waals surface area contributed by atoms with E-state index in [0.29, 0.717) is 6.54 Å². The molecule has 6 nitrogen and oxygen atoms in total. The predicted molar refractivity (Wildman–Crippen MR) is 77.2 cm³/mol. The van der Waals surface area contributed by atoms with Crippen molar-refractivity contribution >= 4 is 12.0 Å². The van der Waals surface area contributed by atoms with Crippen molar-refractivity contribution in [2.24, 2.45) is 11.7 Å². The van der Waals surface area contributed by atoms with Gasteiger partial charge in [0.25, 0.3) is 0 Å². The first-order valence-electron chi connectivity index (χ1n) is 7.26. The molecule has 0 aromatic carbocycles. The van der Waals surface area contributed by atoms with Gasteiger partial charge in [-0.2, -0.15) is 0 Å². The molecule has 1 aliphatic heterocycles. The van der Waals surface area contributed by atoms with Crippen LogP contribution >= 0.6 is 0 Å². The lowest BCUT2D eigenvalue weighted by atomic mass is 9.96. The summed E-state index contributed by atoms with van der Waals surface area (Å²) in [6, 6.07) is 0. The quantitative estimate of drug-likeness (QED) is 0.741. The SMILES string of the molecule is CC(C)(C)OC(=O)NCCCN1CCC(C(N)=O)CC1. The summed E-state index contributed by atoms with van der Waals surface area (Å²) in [5.41, 5.74) is 4.84. The third-order valence-electron chi connectivity index (χ3n) is 3.31. The van der Waals surface area contributed by atoms with Crippen LogP contribution in [0.15, 0.2) is 0 Å². The third kappa shape index (κ3) is 6.75. The lowest BCUT2D eigenvalue weighted by Crippen LogP contribution is -2.40. The second-order valence-electron chi connectivity index (χ2n) is 6.30. The van der Waals surface area contributed by atoms with Crippen molar-refractivity contribution in [1.82, 2.24) is 10.2 Å². The van der Waals surface area contributed by atoms with Crippen molar-refractivity contribution in [3.63, 3.8) is 0 Å². The monoisotopic (exact) mass is 285 g/mol. The Bertz CT molecular complexity index is 331. The predicted octanol–water partition coefficient (Wildman–Crippen LogP) is 1.10. The van der Waals surface area contributed by atoms with Crippen molar-refractivity contribution in [1.29, 1.82) is 0 Å². The fourth-order valence-corrected chi connectivity index (χ4v) is 2.25. The van der Waals surface area contributed by atoms with Gasteiger partial charge in [-0.15, -0.1) is 0 Å². The van der Waals surface area contributed by atoms with Gasteiger partial charge in [-0.3, -0.25) is 4.79 Å². The number of hydrogen-bond donors (Lipinski definition) is 2. The number of primary amides is 1. The normalized spacial score (nSPS) is 17.8. The summed E-state index contributed by atoms with van der Waals surface area (Å²) >= 11 is 0. The van der Waals surface area contributed by atoms with Crippen LogP contribution in [0, 0.1) is 5.92 Å². The molecule has 0 aromatic rings. The highest BCUT2D eigenvalue weighted by Crippen LogP contribution is 2.16. The Labute approximate surface area is 121 Å². The highest BCUT2D eigenvalue weighted by Gasteiger charge is 2.22. The molecule has 1 aliphatic rings. The van der Waals surface area contributed by atoms with Crippen LogP contribution in [0.4, 0.5) is 4.79 Å². The molecule has 1 saturated heterocycles. The van der Waals surface area contributed by atoms with Gasteiger partial charge in [0.2, 0.25) is 5.91 Å². The topological polar surface area (TPSA) is 84.7 Å². The number of hydrogen-bond acceptors (Lipinski definition) is 4. The van der Waals surface area contributed by atoms with Gasteiger partial charge in [0, 0.05) is 12.5 Å². The van der Waals surface area contributed by atoms with E-state index in [2.05, 4.69) is 10.2 Å². The molecule has 0 bridgehead atoms. The summed E-state index contributed by atoms with van der Waals surface area (Å²) < 4.78 is 5.16. The summed E-state index contributed by atoms with van der Waals surface area (Å²) in [5, 5.41) is 2.74. The van der Waals surface area contributed by atoms with Crippen molar-refractivity contribution in [2.75, 3.05) is 26.2 Å². The van der Waals surface area contributed by atoms with Crippen molar-refractivity contribution < 1.29 is 14.3 Å². The molecule has 0 spiro atoms. The molecule has 1 rings (SSSR count). The first-order valence-corrected chi connectivity index (χ1v) is 7.26. The molecule has 6 heteroatoms. The minimum Gasteiger partial charge on any atom is -0.444 e. The van der Waals surface area contributed by atoms with E-state index < -0.39 is 5.60 Å². The molecular weight excluding hydrogens is 258 g/mol. The summed E-state index contributed by atoms with van der Waals surface area (Å²) in [4.78, 5) is 24.8. The van der Waals surface area contributed by atoms with Crippen LogP contribution in [0.2, 0.25) is 0 Å². The maximum atomic E-state index is 11.4. The lowest BCUT2D eigenvalue weighted by Gasteiger charge is -2.30. The molecule has 3 N–H and O–H groups in total. The molecule has 0 aliphatic carbocycles. The highest BCUT2D eigenvalue weighted by molar-refractivity contribution is 5.76. The van der Waals surface area contributed by atoms with Crippen molar-refractivity contribution in [2.45, 2.75) is 45.6 Å². The van der Waals surface area contributed by atoms with E-state index in [-0.39, 0.29) is 17.9 Å². The van der Waals surface area contributed by atoms with E-state index in [4.69, 9.17) is 10.5 Å². The number of ether oxygens (including phenoxy) is 1. The van der Waals surface area contributed by atoms with Crippen LogP contribution in [0.1, 0.15) is 40.0 Å². The molecule has 0 radical (unpaired) electrons. The van der Waals surface area contributed by atoms with Crippen LogP contribution in [0.25, 0.3) is 0 Å². The molecule has 0 unspecified atom stereocenters. The van der Waals surface area contributed by atoms with Gasteiger partial charge < -0.3 is 20.7 Å². The average molecular weight is 285 g/mol. The zero-order valence-corrected chi connectivity index (χ0v) is 12.8. The zero-order chi connectivity index (χ0) is 15.2. The van der Waals surface area contributed by atoms with Gasteiger partial charge in [0.1, 0.15) is 5.60 Å². The van der Waals surface area contributed by atoms with Gasteiger partial charge in [0.05, 0.1) is 0 Å². The van der Waals surface area contributed by atoms with Crippen molar-refractivity contribution in [3.8, 4) is 0 Å². The van der Waals surface area contributed by atoms with Gasteiger partial charge in [-0.25, -0.2) is 4.79 Å². The number of nitrogens with zero attached hydrogens (tertiary/aromatic N) is 1. The lowest BCUT2D eigenvalue weighted by molar-refractivity contribution is -0.123. The first kappa shape index (κ1) is 16.8. The van der Waals surface area contributed by atoms with Crippen molar-refractivity contribution in [3.05, 3.63) is 0 Å². The van der Waals surface area contributed by atoms with E-state index in [9.17, 15) is 9.59 Å². The molecule has 0 saturated carbocycles. The second kappa shape index (κ2) is 7.47. The second-order valence-corrected chi connectivity index (χ2v) is 6.30. The minimum atomic E-state index is -0.458. The number of nitrogens with two attached hydrogens (primary N) is 1. The van der Waals surface area contributed by atoms with E-state index >= 15 is 0 Å². The van der Waals surface area contributed by atoms with Gasteiger partial charge in [-0.05, 0) is 59.7 Å². The zero-order valence-electron chi connectivity index (χ0n) is 12.8. The Kier molecular flexibility index (Phi) is 6.26. The summed E-state index contributed by atoms with van der Waals surface area (Å²) in [5.74, 6) is -0.151. The Balaban J connectivity index is 2.08. The van der Waals surface area contributed by atoms with E-state index in [1.807, 2.05) is 20.8 Å². The number of amides is 2. The Morgan fingerprint density at radius 3 is 2.40 bits per heavy atom. The Hall–Kier alpha value is -1.30. The largest absolute Gasteiger partial charge is 0.444 e. The summed E-state index contributed by atoms with van der Waals surface area (Å²) in [6.45, 7) is 8.85. The fourth-order valence-electron chi connectivity index (χ4n) is 2.25. The van der Waals surface area contributed by atoms with Crippen LogP contribution in [0.3, 0.4) is 0 Å². The van der Waals surface area contributed by atoms with E-state index in [1.165, 1.54) is 0 Å². The molecule has 0 atom stereocenters. The van der Waals surface area contributed by atoms with Gasteiger partial charge in [0.15, 0.2) is 0 Å². The fraction of sp³-hybridized carbons (Fsp3) is 0.857. The maximum absolute atomic E-state index is 11.4. The molecule has 1 fully saturated rings. The number of nitrogens with one attached hydrogen (secondary N) is 1. The first-order chi connectivity index (χ1) is 9.28. The van der Waals surface area contributed by atoms with Crippen LogP contribution in [0.5, 0.6) is 0 Å². The molecule has 20 heavy (non-hydrogen) atoms. The average Bonchev–Trinajstić information content (AvgIpc) is 2.33. The number of carbonyl (C=O) groups is 2. The number of alkyl carbamates (subject to hydrolysis) is 1. The number of likely N-dealkylation sites (tertiary alicyclic amines) is 1. The van der Waals surface area contributed by atoms with E-state index in [0.717, 1.165) is 38.9 Å². The molecule has 116 valence electrons. The molecule has 2 amide bonds. The number of piperidine rings is 1. The summed E-state index contributed by atoms with van der Waals surface area (Å²) in [6.07, 6.45) is 2.19.